The van der Waals surface area contributed by atoms with Crippen LogP contribution in [-0.4, -0.2) is 37.8 Å². The molecule has 0 fully saturated rings. The molecule has 2 aromatic rings. The zero-order valence-electron chi connectivity index (χ0n) is 17.7. The predicted octanol–water partition coefficient (Wildman–Crippen LogP) is 4.13. The van der Waals surface area contributed by atoms with Gasteiger partial charge >= 0.3 is 0 Å². The molecular weight excluding hydrogens is 388 g/mol. The van der Waals surface area contributed by atoms with Gasteiger partial charge in [0.2, 0.25) is 15.9 Å². The molecule has 7 heteroatoms. The largest absolute Gasteiger partial charge is 0.491 e. The van der Waals surface area contributed by atoms with E-state index in [2.05, 4.69) is 5.32 Å². The third kappa shape index (κ3) is 6.05. The average Bonchev–Trinajstić information content (AvgIpc) is 2.64. The van der Waals surface area contributed by atoms with E-state index in [1.165, 1.54) is 10.4 Å². The molecule has 0 heterocycles. The van der Waals surface area contributed by atoms with Crippen LogP contribution in [0.3, 0.4) is 0 Å². The van der Waals surface area contributed by atoms with Gasteiger partial charge in [-0.3, -0.25) is 4.79 Å². The predicted molar refractivity (Wildman–Crippen MR) is 116 cm³/mol. The summed E-state index contributed by atoms with van der Waals surface area (Å²) in [4.78, 5) is 12.7. The van der Waals surface area contributed by atoms with E-state index >= 15 is 0 Å². The van der Waals surface area contributed by atoms with E-state index in [1.807, 2.05) is 52.8 Å². The fourth-order valence-electron chi connectivity index (χ4n) is 2.91. The highest BCUT2D eigenvalue weighted by molar-refractivity contribution is 7.89. The highest BCUT2D eigenvalue weighted by Crippen LogP contribution is 2.25. The Bertz CT molecular complexity index is 955. The molecule has 0 spiro atoms. The Morgan fingerprint density at radius 3 is 2.38 bits per heavy atom. The van der Waals surface area contributed by atoms with Gasteiger partial charge in [-0.25, -0.2) is 8.42 Å². The zero-order chi connectivity index (χ0) is 21.6. The maximum atomic E-state index is 13.2. The number of sulfonamides is 1. The number of benzene rings is 2. The van der Waals surface area contributed by atoms with Gasteiger partial charge in [0.1, 0.15) is 5.75 Å². The number of carbonyl (C=O) groups is 1. The Morgan fingerprint density at radius 1 is 1.10 bits per heavy atom. The molecule has 1 N–H and O–H groups in total. The molecule has 158 valence electrons. The van der Waals surface area contributed by atoms with Gasteiger partial charge in [0.15, 0.2) is 0 Å². The van der Waals surface area contributed by atoms with E-state index in [4.69, 9.17) is 4.74 Å². The molecule has 0 atom stereocenters. The van der Waals surface area contributed by atoms with Crippen LogP contribution in [0.2, 0.25) is 0 Å². The van der Waals surface area contributed by atoms with E-state index < -0.39 is 10.0 Å². The number of anilines is 1. The Morgan fingerprint density at radius 2 is 1.79 bits per heavy atom. The number of nitrogens with one attached hydrogen (secondary N) is 1. The lowest BCUT2D eigenvalue weighted by Gasteiger charge is -2.22. The third-order valence-corrected chi connectivity index (χ3v) is 6.20. The summed E-state index contributed by atoms with van der Waals surface area (Å²) in [6.07, 6.45) is 0.600. The fourth-order valence-corrected chi connectivity index (χ4v) is 4.49. The van der Waals surface area contributed by atoms with Crippen molar-refractivity contribution in [2.45, 2.75) is 52.0 Å². The van der Waals surface area contributed by atoms with Crippen molar-refractivity contribution in [2.24, 2.45) is 0 Å². The molecule has 6 nitrogen and oxygen atoms in total. The molecule has 1 amide bonds. The van der Waals surface area contributed by atoms with Crippen LogP contribution in [-0.2, 0) is 14.8 Å². The van der Waals surface area contributed by atoms with Crippen molar-refractivity contribution in [1.29, 1.82) is 0 Å². The van der Waals surface area contributed by atoms with E-state index in [0.717, 1.165) is 11.1 Å². The molecule has 0 bridgehead atoms. The highest BCUT2D eigenvalue weighted by atomic mass is 32.2. The minimum absolute atomic E-state index is 0.00196. The molecule has 0 aliphatic rings. The average molecular weight is 419 g/mol. The van der Waals surface area contributed by atoms with Crippen LogP contribution in [0.15, 0.2) is 47.4 Å². The number of aryl methyl sites for hydroxylation is 2. The molecule has 0 aliphatic carbocycles. The van der Waals surface area contributed by atoms with Gasteiger partial charge in [-0.2, -0.15) is 4.31 Å². The summed E-state index contributed by atoms with van der Waals surface area (Å²) in [6, 6.07) is 12.2. The third-order valence-electron chi connectivity index (χ3n) is 4.36. The fraction of sp³-hybridized carbons (Fsp3) is 0.409. The second kappa shape index (κ2) is 9.89. The summed E-state index contributed by atoms with van der Waals surface area (Å²) in [6.45, 7) is 9.43. The molecule has 29 heavy (non-hydrogen) atoms. The summed E-state index contributed by atoms with van der Waals surface area (Å²) in [7, 11) is -3.81. The number of ether oxygens (including phenoxy) is 1. The van der Waals surface area contributed by atoms with Crippen LogP contribution in [0, 0.1) is 13.8 Å². The van der Waals surface area contributed by atoms with Crippen LogP contribution in [0.25, 0.3) is 0 Å². The van der Waals surface area contributed by atoms with Crippen LogP contribution in [0.1, 0.15) is 38.3 Å². The molecule has 0 aliphatic heterocycles. The van der Waals surface area contributed by atoms with Gasteiger partial charge in [-0.15, -0.1) is 0 Å². The first kappa shape index (κ1) is 22.9. The van der Waals surface area contributed by atoms with E-state index in [1.54, 1.807) is 18.2 Å². The van der Waals surface area contributed by atoms with E-state index in [0.29, 0.717) is 17.9 Å². The first-order valence-electron chi connectivity index (χ1n) is 9.78. The number of hydrogen-bond acceptors (Lipinski definition) is 4. The number of nitrogens with zero attached hydrogens (tertiary/aromatic N) is 1. The number of hydrogen-bond donors (Lipinski definition) is 1. The van der Waals surface area contributed by atoms with Crippen molar-refractivity contribution in [3.05, 3.63) is 53.6 Å². The van der Waals surface area contributed by atoms with Gasteiger partial charge < -0.3 is 10.1 Å². The summed E-state index contributed by atoms with van der Waals surface area (Å²) in [5, 5.41) is 2.80. The number of amides is 1. The maximum Gasteiger partial charge on any atom is 0.243 e. The van der Waals surface area contributed by atoms with Gasteiger partial charge in [0.25, 0.3) is 0 Å². The Balaban J connectivity index is 2.23. The topological polar surface area (TPSA) is 75.7 Å². The van der Waals surface area contributed by atoms with Gasteiger partial charge in [0.05, 0.1) is 17.5 Å². The first-order valence-corrected chi connectivity index (χ1v) is 11.2. The monoisotopic (exact) mass is 418 g/mol. The lowest BCUT2D eigenvalue weighted by molar-refractivity contribution is -0.116. The van der Waals surface area contributed by atoms with Crippen molar-refractivity contribution in [3.63, 3.8) is 0 Å². The van der Waals surface area contributed by atoms with Crippen molar-refractivity contribution in [2.75, 3.05) is 18.4 Å². The zero-order valence-corrected chi connectivity index (χ0v) is 18.5. The maximum absolute atomic E-state index is 13.2. The molecule has 0 saturated carbocycles. The van der Waals surface area contributed by atoms with Gasteiger partial charge in [0, 0.05) is 12.2 Å². The molecule has 2 aromatic carbocycles. The van der Waals surface area contributed by atoms with Crippen LogP contribution >= 0.6 is 0 Å². The molecular formula is C22H30N2O4S. The Labute approximate surface area is 173 Å². The highest BCUT2D eigenvalue weighted by Gasteiger charge is 2.26. The summed E-state index contributed by atoms with van der Waals surface area (Å²) in [5.41, 5.74) is 2.33. The lowest BCUT2D eigenvalue weighted by atomic mass is 10.2. The Kier molecular flexibility index (Phi) is 7.81. The van der Waals surface area contributed by atoms with Crippen molar-refractivity contribution in [3.8, 4) is 5.75 Å². The molecule has 0 radical (unpaired) electrons. The van der Waals surface area contributed by atoms with Crippen molar-refractivity contribution >= 4 is 21.6 Å². The van der Waals surface area contributed by atoms with Crippen molar-refractivity contribution < 1.29 is 17.9 Å². The summed E-state index contributed by atoms with van der Waals surface area (Å²) in [5.74, 6) is 0.283. The minimum Gasteiger partial charge on any atom is -0.491 e. The van der Waals surface area contributed by atoms with Crippen molar-refractivity contribution in [1.82, 2.24) is 4.31 Å². The van der Waals surface area contributed by atoms with Crippen LogP contribution in [0.4, 0.5) is 5.69 Å². The van der Waals surface area contributed by atoms with Crippen LogP contribution in [0.5, 0.6) is 5.75 Å². The molecule has 0 aromatic heterocycles. The standard InChI is InChI=1S/C22H30N2O4S/c1-6-13-24(15-22(25)23-20-10-8-7-9-17(20)4)29(26,27)19-11-12-21(18(5)14-19)28-16(2)3/h7-12,14,16H,6,13,15H2,1-5H3,(H,23,25). The van der Waals surface area contributed by atoms with E-state index in [9.17, 15) is 13.2 Å². The molecule has 2 rings (SSSR count). The van der Waals surface area contributed by atoms with Gasteiger partial charge in [-0.1, -0.05) is 25.1 Å². The number of para-hydroxylation sites is 1. The SMILES string of the molecule is CCCN(CC(=O)Nc1ccccc1C)S(=O)(=O)c1ccc(OC(C)C)c(C)c1. The quantitative estimate of drug-likeness (QED) is 0.664. The second-order valence-electron chi connectivity index (χ2n) is 7.30. The van der Waals surface area contributed by atoms with Crippen LogP contribution < -0.4 is 10.1 Å². The summed E-state index contributed by atoms with van der Waals surface area (Å²) >= 11 is 0. The van der Waals surface area contributed by atoms with Gasteiger partial charge in [-0.05, 0) is 69.5 Å². The molecule has 0 unspecified atom stereocenters. The minimum atomic E-state index is -3.81. The second-order valence-corrected chi connectivity index (χ2v) is 9.23. The number of rotatable bonds is 9. The molecule has 0 saturated heterocycles. The normalized spacial score (nSPS) is 11.7. The Hall–Kier alpha value is -2.38. The number of carbonyl (C=O) groups excluding carboxylic acids is 1. The summed E-state index contributed by atoms with van der Waals surface area (Å²) < 4.78 is 33.2. The first-order chi connectivity index (χ1) is 13.6. The smallest absolute Gasteiger partial charge is 0.243 e. The lowest BCUT2D eigenvalue weighted by Crippen LogP contribution is -2.38. The van der Waals surface area contributed by atoms with E-state index in [-0.39, 0.29) is 30.0 Å².